The Balaban J connectivity index is 1.90. The maximum Gasteiger partial charge on any atom is 0.201 e. The lowest BCUT2D eigenvalue weighted by molar-refractivity contribution is 0.291. The molecule has 3 rings (SSSR count). The van der Waals surface area contributed by atoms with E-state index in [9.17, 15) is 0 Å². The molecule has 0 amide bonds. The summed E-state index contributed by atoms with van der Waals surface area (Å²) in [4.78, 5) is 11.0. The average Bonchev–Trinajstić information content (AvgIpc) is 2.94. The van der Waals surface area contributed by atoms with E-state index in [-0.39, 0.29) is 0 Å². The molecule has 0 aliphatic carbocycles. The maximum atomic E-state index is 6.03. The van der Waals surface area contributed by atoms with Gasteiger partial charge in [0.1, 0.15) is 5.52 Å². The van der Waals surface area contributed by atoms with E-state index in [1.54, 1.807) is 12.4 Å². The van der Waals surface area contributed by atoms with Crippen LogP contribution >= 0.6 is 0 Å². The van der Waals surface area contributed by atoms with Crippen LogP contribution in [0.15, 0.2) is 18.5 Å². The quantitative estimate of drug-likeness (QED) is 0.893. The monoisotopic (exact) mass is 245 g/mol. The molecule has 5 heteroatoms. The zero-order valence-electron chi connectivity index (χ0n) is 10.7. The Labute approximate surface area is 107 Å². The van der Waals surface area contributed by atoms with Gasteiger partial charge in [-0.2, -0.15) is 0 Å². The molecular formula is C13H19N5. The van der Waals surface area contributed by atoms with Crippen LogP contribution in [0.1, 0.15) is 25.8 Å². The van der Waals surface area contributed by atoms with Crippen molar-refractivity contribution in [2.24, 2.45) is 0 Å². The van der Waals surface area contributed by atoms with Crippen molar-refractivity contribution in [2.45, 2.75) is 25.8 Å². The first kappa shape index (κ1) is 11.5. The van der Waals surface area contributed by atoms with Crippen molar-refractivity contribution >= 4 is 17.0 Å². The van der Waals surface area contributed by atoms with Crippen LogP contribution in [0, 0.1) is 0 Å². The molecule has 96 valence electrons. The topological polar surface area (TPSA) is 60.0 Å². The van der Waals surface area contributed by atoms with Crippen molar-refractivity contribution in [3.63, 3.8) is 0 Å². The van der Waals surface area contributed by atoms with Gasteiger partial charge in [0, 0.05) is 18.8 Å². The van der Waals surface area contributed by atoms with Crippen molar-refractivity contribution in [2.75, 3.05) is 25.4 Å². The first-order chi connectivity index (χ1) is 8.75. The molecule has 5 nitrogen and oxygen atoms in total. The molecule has 2 N–H and O–H groups in total. The fourth-order valence-electron chi connectivity index (χ4n) is 2.85. The molecule has 2 aromatic heterocycles. The molecule has 1 saturated heterocycles. The SMILES string of the molecule is CC(CN1CCCC1)n1c(N)nc2cnccc21. The fraction of sp³-hybridized carbons (Fsp3) is 0.538. The minimum Gasteiger partial charge on any atom is -0.369 e. The molecule has 1 aliphatic heterocycles. The highest BCUT2D eigenvalue weighted by Gasteiger charge is 2.19. The molecule has 3 heterocycles. The van der Waals surface area contributed by atoms with Gasteiger partial charge < -0.3 is 15.2 Å². The van der Waals surface area contributed by atoms with Crippen LogP contribution in [0.2, 0.25) is 0 Å². The Morgan fingerprint density at radius 1 is 1.39 bits per heavy atom. The predicted molar refractivity (Wildman–Crippen MR) is 72.3 cm³/mol. The second-order valence-electron chi connectivity index (χ2n) is 5.06. The van der Waals surface area contributed by atoms with Crippen LogP contribution in [0.4, 0.5) is 5.95 Å². The summed E-state index contributed by atoms with van der Waals surface area (Å²) < 4.78 is 2.12. The standard InChI is InChI=1S/C13H19N5/c1-10(9-17-6-2-3-7-17)18-12-4-5-15-8-11(12)16-13(18)14/h4-5,8,10H,2-3,6-7,9H2,1H3,(H2,14,16). The lowest BCUT2D eigenvalue weighted by atomic mass is 10.3. The molecule has 1 fully saturated rings. The first-order valence-electron chi connectivity index (χ1n) is 6.55. The highest BCUT2D eigenvalue weighted by Crippen LogP contribution is 2.23. The molecule has 0 spiro atoms. The van der Waals surface area contributed by atoms with E-state index >= 15 is 0 Å². The highest BCUT2D eigenvalue weighted by atomic mass is 15.2. The van der Waals surface area contributed by atoms with Crippen LogP contribution in [0.25, 0.3) is 11.0 Å². The van der Waals surface area contributed by atoms with Crippen LogP contribution in [-0.2, 0) is 0 Å². The van der Waals surface area contributed by atoms with Crippen LogP contribution in [-0.4, -0.2) is 39.1 Å². The number of nitrogen functional groups attached to an aromatic ring is 1. The van der Waals surface area contributed by atoms with Gasteiger partial charge in [0.2, 0.25) is 5.95 Å². The van der Waals surface area contributed by atoms with E-state index in [0.717, 1.165) is 17.6 Å². The summed E-state index contributed by atoms with van der Waals surface area (Å²) >= 11 is 0. The molecule has 0 radical (unpaired) electrons. The first-order valence-corrected chi connectivity index (χ1v) is 6.55. The number of imidazole rings is 1. The number of aromatic nitrogens is 3. The second-order valence-corrected chi connectivity index (χ2v) is 5.06. The molecule has 18 heavy (non-hydrogen) atoms. The fourth-order valence-corrected chi connectivity index (χ4v) is 2.85. The molecule has 2 aromatic rings. The lowest BCUT2D eigenvalue weighted by Gasteiger charge is -2.22. The summed E-state index contributed by atoms with van der Waals surface area (Å²) in [6, 6.07) is 2.33. The summed E-state index contributed by atoms with van der Waals surface area (Å²) in [6.07, 6.45) is 6.20. The van der Waals surface area contributed by atoms with Gasteiger partial charge in [-0.15, -0.1) is 0 Å². The number of hydrogen-bond acceptors (Lipinski definition) is 4. The van der Waals surface area contributed by atoms with Crippen LogP contribution in [0.3, 0.4) is 0 Å². The number of nitrogens with zero attached hydrogens (tertiary/aromatic N) is 4. The maximum absolute atomic E-state index is 6.03. The van der Waals surface area contributed by atoms with Crippen LogP contribution in [0.5, 0.6) is 0 Å². The summed E-state index contributed by atoms with van der Waals surface area (Å²) in [5.74, 6) is 0.588. The smallest absolute Gasteiger partial charge is 0.201 e. The van der Waals surface area contributed by atoms with Gasteiger partial charge in [-0.05, 0) is 38.9 Å². The van der Waals surface area contributed by atoms with E-state index in [0.29, 0.717) is 12.0 Å². The third kappa shape index (κ3) is 1.95. The minimum atomic E-state index is 0.343. The number of anilines is 1. The number of rotatable bonds is 3. The Morgan fingerprint density at radius 3 is 2.94 bits per heavy atom. The molecule has 0 bridgehead atoms. The van der Waals surface area contributed by atoms with Crippen molar-refractivity contribution in [1.82, 2.24) is 19.4 Å². The van der Waals surface area contributed by atoms with Gasteiger partial charge in [-0.1, -0.05) is 0 Å². The van der Waals surface area contributed by atoms with Crippen molar-refractivity contribution in [1.29, 1.82) is 0 Å². The zero-order valence-corrected chi connectivity index (χ0v) is 10.7. The van der Waals surface area contributed by atoms with E-state index in [1.807, 2.05) is 6.07 Å². The van der Waals surface area contributed by atoms with Crippen molar-refractivity contribution in [3.8, 4) is 0 Å². The number of likely N-dealkylation sites (tertiary alicyclic amines) is 1. The summed E-state index contributed by atoms with van der Waals surface area (Å²) in [6.45, 7) is 5.66. The summed E-state index contributed by atoms with van der Waals surface area (Å²) in [7, 11) is 0. The second kappa shape index (κ2) is 4.57. The van der Waals surface area contributed by atoms with Gasteiger partial charge in [-0.3, -0.25) is 4.98 Å². The number of nitrogens with two attached hydrogens (primary N) is 1. The largest absolute Gasteiger partial charge is 0.369 e. The third-order valence-electron chi connectivity index (χ3n) is 3.68. The Hall–Kier alpha value is -1.62. The van der Waals surface area contributed by atoms with Gasteiger partial charge >= 0.3 is 0 Å². The molecule has 1 atom stereocenters. The number of hydrogen-bond donors (Lipinski definition) is 1. The minimum absolute atomic E-state index is 0.343. The zero-order chi connectivity index (χ0) is 12.5. The van der Waals surface area contributed by atoms with Gasteiger partial charge in [0.15, 0.2) is 0 Å². The van der Waals surface area contributed by atoms with E-state index in [4.69, 9.17) is 5.73 Å². The predicted octanol–water partition coefficient (Wildman–Crippen LogP) is 1.67. The normalized spacial score (nSPS) is 18.5. The molecule has 1 unspecified atom stereocenters. The average molecular weight is 245 g/mol. The Morgan fingerprint density at radius 2 is 2.17 bits per heavy atom. The summed E-state index contributed by atoms with van der Waals surface area (Å²) in [5.41, 5.74) is 7.99. The van der Waals surface area contributed by atoms with E-state index < -0.39 is 0 Å². The molecule has 1 aliphatic rings. The van der Waals surface area contributed by atoms with E-state index in [2.05, 4.69) is 26.4 Å². The Kier molecular flexibility index (Phi) is 2.91. The highest BCUT2D eigenvalue weighted by molar-refractivity contribution is 5.77. The summed E-state index contributed by atoms with van der Waals surface area (Å²) in [5, 5.41) is 0. The van der Waals surface area contributed by atoms with Crippen molar-refractivity contribution in [3.05, 3.63) is 18.5 Å². The number of fused-ring (bicyclic) bond motifs is 1. The van der Waals surface area contributed by atoms with Gasteiger partial charge in [-0.25, -0.2) is 4.98 Å². The van der Waals surface area contributed by atoms with Gasteiger partial charge in [0.25, 0.3) is 0 Å². The molecule has 0 aromatic carbocycles. The third-order valence-corrected chi connectivity index (χ3v) is 3.68. The lowest BCUT2D eigenvalue weighted by Crippen LogP contribution is -2.27. The van der Waals surface area contributed by atoms with Crippen LogP contribution < -0.4 is 5.73 Å². The molecule has 0 saturated carbocycles. The van der Waals surface area contributed by atoms with Gasteiger partial charge in [0.05, 0.1) is 11.7 Å². The number of pyridine rings is 1. The molecular weight excluding hydrogens is 226 g/mol. The van der Waals surface area contributed by atoms with Crippen molar-refractivity contribution < 1.29 is 0 Å². The van der Waals surface area contributed by atoms with E-state index in [1.165, 1.54) is 25.9 Å². The Bertz CT molecular complexity index is 541.